The lowest BCUT2D eigenvalue weighted by Crippen LogP contribution is -2.36. The first-order chi connectivity index (χ1) is 16.6. The predicted molar refractivity (Wildman–Crippen MR) is 128 cm³/mol. The van der Waals surface area contributed by atoms with Crippen LogP contribution in [0.15, 0.2) is 113 Å². The summed E-state index contributed by atoms with van der Waals surface area (Å²) in [6.07, 6.45) is 5.54. The molecule has 2 heterocycles. The first-order valence-electron chi connectivity index (χ1n) is 10.9. The zero-order valence-corrected chi connectivity index (χ0v) is 18.6. The van der Waals surface area contributed by atoms with Crippen molar-refractivity contribution in [2.24, 2.45) is 0 Å². The van der Waals surface area contributed by atoms with Crippen LogP contribution in [0, 0.1) is 0 Å². The van der Waals surface area contributed by atoms with Crippen LogP contribution in [0.2, 0.25) is 0 Å². The lowest BCUT2D eigenvalue weighted by atomic mass is 9.99. The summed E-state index contributed by atoms with van der Waals surface area (Å²) < 4.78 is 14.5. The highest BCUT2D eigenvalue weighted by molar-refractivity contribution is 5.95. The van der Waals surface area contributed by atoms with Gasteiger partial charge in [0.05, 0.1) is 12.7 Å². The van der Waals surface area contributed by atoms with E-state index in [9.17, 15) is 9.59 Å². The van der Waals surface area contributed by atoms with E-state index < -0.39 is 6.04 Å². The third-order valence-corrected chi connectivity index (χ3v) is 5.83. The van der Waals surface area contributed by atoms with Crippen molar-refractivity contribution in [3.8, 4) is 5.75 Å². The number of para-hydroxylation sites is 1. The minimum Gasteiger partial charge on any atom is -0.497 e. The summed E-state index contributed by atoms with van der Waals surface area (Å²) in [4.78, 5) is 25.8. The van der Waals surface area contributed by atoms with Crippen molar-refractivity contribution in [3.05, 3.63) is 131 Å². The fourth-order valence-electron chi connectivity index (χ4n) is 4.11. The summed E-state index contributed by atoms with van der Waals surface area (Å²) in [6.45, 7) is 0.174. The van der Waals surface area contributed by atoms with Gasteiger partial charge in [0.2, 0.25) is 12.1 Å². The maximum absolute atomic E-state index is 13.0. The molecule has 0 N–H and O–H groups in total. The van der Waals surface area contributed by atoms with Crippen molar-refractivity contribution in [1.29, 1.82) is 0 Å². The zero-order valence-electron chi connectivity index (χ0n) is 18.6. The molecular formula is C28H23N2O4+. The molecule has 0 spiro atoms. The Morgan fingerprint density at radius 2 is 1.74 bits per heavy atom. The van der Waals surface area contributed by atoms with E-state index >= 15 is 0 Å². The molecule has 0 saturated carbocycles. The number of benzene rings is 3. The zero-order chi connectivity index (χ0) is 23.5. The highest BCUT2D eigenvalue weighted by atomic mass is 16.5. The summed E-state index contributed by atoms with van der Waals surface area (Å²) in [7, 11) is 1.59. The molecule has 34 heavy (non-hydrogen) atoms. The van der Waals surface area contributed by atoms with Gasteiger partial charge >= 0.3 is 5.63 Å². The first-order valence-corrected chi connectivity index (χ1v) is 10.9. The van der Waals surface area contributed by atoms with Crippen molar-refractivity contribution in [2.45, 2.75) is 12.6 Å². The summed E-state index contributed by atoms with van der Waals surface area (Å²) in [6, 6.07) is 25.8. The molecular weight excluding hydrogens is 428 g/mol. The van der Waals surface area contributed by atoms with Gasteiger partial charge in [-0.15, -0.1) is 0 Å². The molecule has 0 fully saturated rings. The van der Waals surface area contributed by atoms with Crippen LogP contribution in [-0.2, 0) is 6.54 Å². The monoisotopic (exact) mass is 451 g/mol. The number of nitrogens with zero attached hydrogens (tertiary/aromatic N) is 2. The molecule has 0 aliphatic carbocycles. The molecule has 6 nitrogen and oxygen atoms in total. The predicted octanol–water partition coefficient (Wildman–Crippen LogP) is 4.41. The van der Waals surface area contributed by atoms with E-state index in [4.69, 9.17) is 9.15 Å². The number of carbonyl (C=O) groups excluding carboxylic acids is 1. The minimum absolute atomic E-state index is 0.0214. The first kappa shape index (κ1) is 21.4. The Morgan fingerprint density at radius 3 is 2.50 bits per heavy atom. The molecule has 0 amide bonds. The molecule has 0 radical (unpaired) electrons. The molecule has 3 aromatic carbocycles. The van der Waals surface area contributed by atoms with Gasteiger partial charge in [0.1, 0.15) is 23.7 Å². The number of Topliss-reactive ketones (excluding diaryl/α,β-unsaturated/α-hetero) is 1. The van der Waals surface area contributed by atoms with Crippen LogP contribution in [0.25, 0.3) is 11.0 Å². The Bertz CT molecular complexity index is 1500. The van der Waals surface area contributed by atoms with Gasteiger partial charge in [0.15, 0.2) is 12.6 Å². The number of fused-ring (bicyclic) bond motifs is 1. The van der Waals surface area contributed by atoms with Crippen molar-refractivity contribution >= 4 is 16.8 Å². The third kappa shape index (κ3) is 4.26. The second-order valence-electron chi connectivity index (χ2n) is 8.03. The Morgan fingerprint density at radius 1 is 1.00 bits per heavy atom. The molecule has 0 aliphatic rings. The van der Waals surface area contributed by atoms with Gasteiger partial charge in [0.25, 0.3) is 0 Å². The summed E-state index contributed by atoms with van der Waals surface area (Å²) >= 11 is 0. The third-order valence-electron chi connectivity index (χ3n) is 5.83. The van der Waals surface area contributed by atoms with Gasteiger partial charge in [-0.25, -0.2) is 13.9 Å². The van der Waals surface area contributed by atoms with E-state index in [0.717, 1.165) is 10.9 Å². The van der Waals surface area contributed by atoms with Crippen LogP contribution in [0.3, 0.4) is 0 Å². The second-order valence-corrected chi connectivity index (χ2v) is 8.03. The Kier molecular flexibility index (Phi) is 5.79. The molecule has 1 unspecified atom stereocenters. The Balaban J connectivity index is 1.51. The number of carbonyl (C=O) groups is 1. The average Bonchev–Trinajstić information content (AvgIpc) is 3.33. The Hall–Kier alpha value is -4.45. The van der Waals surface area contributed by atoms with Crippen molar-refractivity contribution < 1.29 is 18.5 Å². The van der Waals surface area contributed by atoms with Crippen LogP contribution in [0.4, 0.5) is 0 Å². The van der Waals surface area contributed by atoms with Crippen molar-refractivity contribution in [3.63, 3.8) is 0 Å². The maximum Gasteiger partial charge on any atom is 0.344 e. The SMILES string of the molecule is COc1ccc(C(=O)C[n+]2ccn(C(c3ccccc3)c3cc4ccccc4oc3=O)c2)cc1. The van der Waals surface area contributed by atoms with Gasteiger partial charge < -0.3 is 9.15 Å². The maximum atomic E-state index is 13.0. The van der Waals surface area contributed by atoms with Crippen molar-refractivity contribution in [1.82, 2.24) is 4.57 Å². The lowest BCUT2D eigenvalue weighted by Gasteiger charge is -2.14. The number of ether oxygens (including phenoxy) is 1. The molecule has 5 rings (SSSR count). The van der Waals surface area contributed by atoms with Gasteiger partial charge in [-0.1, -0.05) is 48.5 Å². The van der Waals surface area contributed by atoms with E-state index in [1.807, 2.05) is 82.5 Å². The summed E-state index contributed by atoms with van der Waals surface area (Å²) in [5.41, 5.74) is 2.23. The van der Waals surface area contributed by atoms with E-state index in [2.05, 4.69) is 0 Å². The lowest BCUT2D eigenvalue weighted by molar-refractivity contribution is -0.682. The van der Waals surface area contributed by atoms with Gasteiger partial charge in [-0.2, -0.15) is 0 Å². The highest BCUT2D eigenvalue weighted by Gasteiger charge is 2.26. The number of rotatable bonds is 7. The van der Waals surface area contributed by atoms with Crippen LogP contribution in [0.1, 0.15) is 27.5 Å². The summed E-state index contributed by atoms with van der Waals surface area (Å²) in [5, 5.41) is 0.854. The van der Waals surface area contributed by atoms with Gasteiger partial charge in [-0.3, -0.25) is 4.79 Å². The van der Waals surface area contributed by atoms with E-state index in [0.29, 0.717) is 22.5 Å². The number of ketones is 1. The minimum atomic E-state index is -0.403. The molecule has 1 atom stereocenters. The van der Waals surface area contributed by atoms with E-state index in [-0.39, 0.29) is 18.0 Å². The molecule has 0 saturated heterocycles. The molecule has 2 aromatic heterocycles. The number of aromatic nitrogens is 2. The molecule has 5 aromatic rings. The quantitative estimate of drug-likeness (QED) is 0.209. The van der Waals surface area contributed by atoms with E-state index in [1.54, 1.807) is 37.4 Å². The fourth-order valence-corrected chi connectivity index (χ4v) is 4.11. The van der Waals surface area contributed by atoms with Crippen molar-refractivity contribution in [2.75, 3.05) is 7.11 Å². The van der Waals surface area contributed by atoms with Crippen LogP contribution >= 0.6 is 0 Å². The van der Waals surface area contributed by atoms with Crippen LogP contribution in [-0.4, -0.2) is 17.5 Å². The molecule has 0 aliphatic heterocycles. The average molecular weight is 452 g/mol. The molecule has 6 heteroatoms. The topological polar surface area (TPSA) is 65.3 Å². The van der Waals surface area contributed by atoms with E-state index in [1.165, 1.54) is 0 Å². The molecule has 0 bridgehead atoms. The van der Waals surface area contributed by atoms with Crippen LogP contribution in [0.5, 0.6) is 5.75 Å². The number of hydrogen-bond acceptors (Lipinski definition) is 4. The Labute approximate surface area is 196 Å². The number of imidazole rings is 1. The number of hydrogen-bond donors (Lipinski definition) is 0. The largest absolute Gasteiger partial charge is 0.497 e. The highest BCUT2D eigenvalue weighted by Crippen LogP contribution is 2.26. The standard InChI is InChI=1S/C28H23N2O4/c1-33-23-13-11-20(12-14-23)25(31)18-29-15-16-30(19-29)27(21-7-3-2-4-8-21)24-17-22-9-5-6-10-26(22)34-28(24)32/h2-17,19,27H,18H2,1H3/q+1. The fraction of sp³-hybridized carbons (Fsp3) is 0.107. The summed E-state index contributed by atoms with van der Waals surface area (Å²) in [5.74, 6) is 0.683. The smallest absolute Gasteiger partial charge is 0.344 e. The normalized spacial score (nSPS) is 11.9. The van der Waals surface area contributed by atoms with Gasteiger partial charge in [0, 0.05) is 16.5 Å². The number of methoxy groups -OCH3 is 1. The van der Waals surface area contributed by atoms with Crippen LogP contribution < -0.4 is 14.9 Å². The molecule has 168 valence electrons. The van der Waals surface area contributed by atoms with Gasteiger partial charge in [-0.05, 0) is 36.4 Å². The second kappa shape index (κ2) is 9.19.